The number of hydrogen-bond donors (Lipinski definition) is 3. The van der Waals surface area contributed by atoms with E-state index < -0.39 is 30.7 Å². The van der Waals surface area contributed by atoms with Crippen LogP contribution in [0.2, 0.25) is 0 Å². The van der Waals surface area contributed by atoms with Gasteiger partial charge in [-0.15, -0.1) is 13.2 Å². The molecule has 2 aromatic carbocycles. The van der Waals surface area contributed by atoms with E-state index in [4.69, 9.17) is 14.8 Å². The number of halogens is 3. The molecule has 1 atom stereocenters. The number of carbonyl (C=O) groups is 1. The van der Waals surface area contributed by atoms with Crippen LogP contribution < -0.4 is 20.3 Å². The summed E-state index contributed by atoms with van der Waals surface area (Å²) in [6, 6.07) is 8.03. The maximum absolute atomic E-state index is 12.6. The lowest BCUT2D eigenvalue weighted by atomic mass is 9.73. The summed E-state index contributed by atoms with van der Waals surface area (Å²) in [5.41, 5.74) is 1.22. The van der Waals surface area contributed by atoms with E-state index in [-0.39, 0.29) is 18.1 Å². The smallest absolute Gasteiger partial charge is 0.490 e. The van der Waals surface area contributed by atoms with Crippen molar-refractivity contribution in [3.8, 4) is 11.5 Å². The zero-order valence-corrected chi connectivity index (χ0v) is 18.3. The van der Waals surface area contributed by atoms with Crippen molar-refractivity contribution in [1.29, 1.82) is 5.41 Å². The Bertz CT molecular complexity index is 1030. The molecule has 0 bridgehead atoms. The third-order valence-corrected chi connectivity index (χ3v) is 5.15. The lowest BCUT2D eigenvalue weighted by molar-refractivity contribution is -0.274. The minimum atomic E-state index is -4.82. The largest absolute Gasteiger partial charge is 0.573 e. The van der Waals surface area contributed by atoms with Gasteiger partial charge in [0.2, 0.25) is 0 Å². The molecule has 176 valence electrons. The van der Waals surface area contributed by atoms with Gasteiger partial charge in [-0.1, -0.05) is 19.9 Å². The Labute approximate surface area is 189 Å². The van der Waals surface area contributed by atoms with Crippen molar-refractivity contribution in [3.05, 3.63) is 53.1 Å². The first-order valence-electron chi connectivity index (χ1n) is 10.2. The first kappa shape index (κ1) is 24.6. The predicted octanol–water partition coefficient (Wildman–Crippen LogP) is 3.14. The minimum Gasteiger partial charge on any atom is -0.490 e. The number of hydrogen-bond acceptors (Lipinski definition) is 6. The maximum atomic E-state index is 12.6. The number of carbonyl (C=O) groups excluding carboxylic acids is 1. The molecule has 1 amide bonds. The van der Waals surface area contributed by atoms with E-state index in [2.05, 4.69) is 10.1 Å². The molecule has 0 unspecified atom stereocenters. The van der Waals surface area contributed by atoms with Gasteiger partial charge in [-0.2, -0.15) is 0 Å². The molecule has 3 rings (SSSR count). The van der Waals surface area contributed by atoms with E-state index in [1.807, 2.05) is 13.8 Å². The lowest BCUT2D eigenvalue weighted by Crippen LogP contribution is -2.51. The zero-order valence-electron chi connectivity index (χ0n) is 18.3. The van der Waals surface area contributed by atoms with E-state index >= 15 is 0 Å². The Kier molecular flexibility index (Phi) is 7.04. The van der Waals surface area contributed by atoms with Crippen LogP contribution in [0.1, 0.15) is 48.2 Å². The molecular weight excluding hydrogens is 440 g/mol. The number of rotatable bonds is 8. The van der Waals surface area contributed by atoms with Gasteiger partial charge in [0.05, 0.1) is 6.61 Å². The van der Waals surface area contributed by atoms with E-state index in [0.717, 1.165) is 29.5 Å². The molecule has 1 aliphatic rings. The number of ether oxygens (including phenoxy) is 2. The molecule has 11 heteroatoms. The van der Waals surface area contributed by atoms with Crippen LogP contribution in [-0.2, 0) is 11.3 Å². The van der Waals surface area contributed by atoms with Crippen LogP contribution in [0.4, 0.5) is 13.2 Å². The highest BCUT2D eigenvalue weighted by Gasteiger charge is 2.34. The molecule has 1 heterocycles. The fourth-order valence-electron chi connectivity index (χ4n) is 3.53. The SMILES string of the molecule is CC(C)c1c(OC[C@](C)(C=N)NC(=O)c2ccc(OC(F)(F)F)cc2)ccc2c1B(O)OC2. The van der Waals surface area contributed by atoms with Crippen molar-refractivity contribution in [2.45, 2.75) is 45.2 Å². The first-order valence-corrected chi connectivity index (χ1v) is 10.2. The van der Waals surface area contributed by atoms with E-state index in [0.29, 0.717) is 17.8 Å². The number of benzene rings is 2. The van der Waals surface area contributed by atoms with Crippen LogP contribution >= 0.6 is 0 Å². The molecule has 7 nitrogen and oxygen atoms in total. The van der Waals surface area contributed by atoms with E-state index in [1.54, 1.807) is 19.1 Å². The summed E-state index contributed by atoms with van der Waals surface area (Å²) in [5.74, 6) is -0.514. The Hall–Kier alpha value is -3.05. The topological polar surface area (TPSA) is 101 Å². The molecule has 0 aliphatic carbocycles. The molecule has 0 saturated carbocycles. The van der Waals surface area contributed by atoms with Gasteiger partial charge in [-0.3, -0.25) is 4.79 Å². The molecule has 3 N–H and O–H groups in total. The second kappa shape index (κ2) is 9.44. The molecule has 33 heavy (non-hydrogen) atoms. The molecule has 1 aliphatic heterocycles. The van der Waals surface area contributed by atoms with Crippen LogP contribution in [0.25, 0.3) is 0 Å². The summed E-state index contributed by atoms with van der Waals surface area (Å²) in [6.07, 6.45) is -3.80. The first-order chi connectivity index (χ1) is 15.4. The van der Waals surface area contributed by atoms with Gasteiger partial charge in [0, 0.05) is 11.8 Å². The molecule has 0 spiro atoms. The van der Waals surface area contributed by atoms with Gasteiger partial charge in [0.1, 0.15) is 23.6 Å². The normalized spacial score (nSPS) is 15.1. The van der Waals surface area contributed by atoms with Crippen LogP contribution in [-0.4, -0.2) is 42.8 Å². The standard InChI is InChI=1S/C22H24BF3N2O5/c1-13(2)18-17(9-6-15-10-32-23(30)19(15)18)31-12-21(3,11-27)28-20(29)14-4-7-16(8-5-14)33-22(24,25)26/h4-9,11,13,27,30H,10,12H2,1-3H3,(H,28,29)/t21-/m0/s1. The lowest BCUT2D eigenvalue weighted by Gasteiger charge is -2.28. The van der Waals surface area contributed by atoms with Gasteiger partial charge in [0.15, 0.2) is 0 Å². The van der Waals surface area contributed by atoms with Crippen molar-refractivity contribution in [2.24, 2.45) is 0 Å². The van der Waals surface area contributed by atoms with Crippen molar-refractivity contribution in [1.82, 2.24) is 5.32 Å². The summed E-state index contributed by atoms with van der Waals surface area (Å²) in [5, 5.41) is 20.6. The molecule has 2 aromatic rings. The highest BCUT2D eigenvalue weighted by molar-refractivity contribution is 6.62. The summed E-state index contributed by atoms with van der Waals surface area (Å²) in [4.78, 5) is 12.6. The quantitative estimate of drug-likeness (QED) is 0.412. The van der Waals surface area contributed by atoms with Gasteiger partial charge in [0.25, 0.3) is 5.91 Å². The highest BCUT2D eigenvalue weighted by atomic mass is 19.4. The Balaban J connectivity index is 1.72. The van der Waals surface area contributed by atoms with Crippen molar-refractivity contribution < 1.29 is 37.1 Å². The highest BCUT2D eigenvalue weighted by Crippen LogP contribution is 2.29. The third-order valence-electron chi connectivity index (χ3n) is 5.15. The van der Waals surface area contributed by atoms with Crippen molar-refractivity contribution in [2.75, 3.05) is 6.61 Å². The zero-order chi connectivity index (χ0) is 24.4. The Morgan fingerprint density at radius 2 is 1.94 bits per heavy atom. The summed E-state index contributed by atoms with van der Waals surface area (Å²) in [7, 11) is -1.04. The van der Waals surface area contributed by atoms with Crippen LogP contribution in [0.3, 0.4) is 0 Å². The van der Waals surface area contributed by atoms with Crippen molar-refractivity contribution >= 4 is 24.7 Å². The number of fused-ring (bicyclic) bond motifs is 1. The Morgan fingerprint density at radius 3 is 2.52 bits per heavy atom. The van der Waals surface area contributed by atoms with Crippen LogP contribution in [0, 0.1) is 5.41 Å². The summed E-state index contributed by atoms with van der Waals surface area (Å²) < 4.78 is 52.0. The number of amides is 1. The van der Waals surface area contributed by atoms with E-state index in [9.17, 15) is 23.0 Å². The maximum Gasteiger partial charge on any atom is 0.573 e. The molecular formula is C22H24BF3N2O5. The van der Waals surface area contributed by atoms with Crippen LogP contribution in [0.5, 0.6) is 11.5 Å². The third kappa shape index (κ3) is 5.85. The van der Waals surface area contributed by atoms with E-state index in [1.165, 1.54) is 12.1 Å². The average Bonchev–Trinajstić information content (AvgIpc) is 3.12. The van der Waals surface area contributed by atoms with Gasteiger partial charge >= 0.3 is 13.5 Å². The predicted molar refractivity (Wildman–Crippen MR) is 116 cm³/mol. The second-order valence-electron chi connectivity index (χ2n) is 8.25. The summed E-state index contributed by atoms with van der Waals surface area (Å²) >= 11 is 0. The van der Waals surface area contributed by atoms with Gasteiger partial charge < -0.3 is 29.9 Å². The second-order valence-corrected chi connectivity index (χ2v) is 8.25. The number of nitrogens with one attached hydrogen (secondary N) is 2. The Morgan fingerprint density at radius 1 is 1.27 bits per heavy atom. The fraction of sp³-hybridized carbons (Fsp3) is 0.364. The van der Waals surface area contributed by atoms with Crippen molar-refractivity contribution in [3.63, 3.8) is 0 Å². The number of alkyl halides is 3. The van der Waals surface area contributed by atoms with Gasteiger partial charge in [-0.05, 0) is 59.8 Å². The molecule has 0 fully saturated rings. The fourth-order valence-corrected chi connectivity index (χ4v) is 3.53. The van der Waals surface area contributed by atoms with Crippen LogP contribution in [0.15, 0.2) is 36.4 Å². The average molecular weight is 464 g/mol. The minimum absolute atomic E-state index is 0.0181. The molecule has 0 radical (unpaired) electrons. The summed E-state index contributed by atoms with van der Waals surface area (Å²) in [6.45, 7) is 5.71. The molecule has 0 saturated heterocycles. The van der Waals surface area contributed by atoms with Gasteiger partial charge in [-0.25, -0.2) is 0 Å². The molecule has 0 aromatic heterocycles. The monoisotopic (exact) mass is 464 g/mol.